The van der Waals surface area contributed by atoms with Gasteiger partial charge in [-0.25, -0.2) is 14.2 Å². The lowest BCUT2D eigenvalue weighted by Crippen LogP contribution is -2.39. The van der Waals surface area contributed by atoms with E-state index in [-0.39, 0.29) is 23.8 Å². The van der Waals surface area contributed by atoms with Gasteiger partial charge in [-0.2, -0.15) is 0 Å². The topological polar surface area (TPSA) is 90.3 Å². The van der Waals surface area contributed by atoms with Crippen molar-refractivity contribution in [2.45, 2.75) is 25.4 Å². The van der Waals surface area contributed by atoms with Crippen LogP contribution in [0.15, 0.2) is 60.8 Å². The van der Waals surface area contributed by atoms with Gasteiger partial charge in [0.25, 0.3) is 0 Å². The molecule has 2 aliphatic heterocycles. The largest absolute Gasteiger partial charge is 0.492 e. The summed E-state index contributed by atoms with van der Waals surface area (Å²) >= 11 is 0. The molecule has 6 rings (SSSR count). The van der Waals surface area contributed by atoms with E-state index in [0.29, 0.717) is 41.4 Å². The van der Waals surface area contributed by atoms with Crippen LogP contribution >= 0.6 is 0 Å². The van der Waals surface area contributed by atoms with E-state index in [1.165, 1.54) is 13.2 Å². The quantitative estimate of drug-likeness (QED) is 0.379. The van der Waals surface area contributed by atoms with Crippen molar-refractivity contribution in [3.63, 3.8) is 0 Å². The number of hydrogen-bond acceptors (Lipinski definition) is 6. The van der Waals surface area contributed by atoms with E-state index in [2.05, 4.69) is 21.7 Å². The first-order chi connectivity index (χ1) is 17.5. The standard InChI is InChI=1S/C27H24FN5O3/c1-15-5-3-6-16-14-30-27(34)33-22(16)13-18(26(33)31-21-8-4-7-19(28)25(21)35-2)17-11-12-29-20-9-10-23(36-15)32-24(17)20/h3-5,7-13,15-16,31H,6,14H2,1-2H3,(H,30,34)/b5-3-/t15-,16-/m0/s1. The number of fused-ring (bicyclic) bond motifs is 3. The molecule has 0 aliphatic carbocycles. The number of carbonyl (C=O) groups is 1. The van der Waals surface area contributed by atoms with Crippen LogP contribution < -0.4 is 20.1 Å². The third kappa shape index (κ3) is 3.64. The van der Waals surface area contributed by atoms with Gasteiger partial charge in [0.1, 0.15) is 17.4 Å². The number of rotatable bonds is 3. The van der Waals surface area contributed by atoms with Crippen LogP contribution in [0.2, 0.25) is 0 Å². The number of anilines is 2. The molecule has 1 aromatic carbocycles. The lowest BCUT2D eigenvalue weighted by molar-refractivity contribution is 0.237. The molecule has 3 aromatic heterocycles. The summed E-state index contributed by atoms with van der Waals surface area (Å²) in [4.78, 5) is 22.4. The Labute approximate surface area is 206 Å². The van der Waals surface area contributed by atoms with Crippen LogP contribution in [0.4, 0.5) is 20.7 Å². The van der Waals surface area contributed by atoms with Crippen LogP contribution in [0.5, 0.6) is 11.6 Å². The van der Waals surface area contributed by atoms with E-state index >= 15 is 0 Å². The number of benzene rings is 1. The summed E-state index contributed by atoms with van der Waals surface area (Å²) in [6.07, 6.45) is 6.31. The van der Waals surface area contributed by atoms with E-state index in [0.717, 1.165) is 16.8 Å². The van der Waals surface area contributed by atoms with Gasteiger partial charge in [-0.1, -0.05) is 12.1 Å². The summed E-state index contributed by atoms with van der Waals surface area (Å²) in [6, 6.07) is 11.9. The summed E-state index contributed by atoms with van der Waals surface area (Å²) in [7, 11) is 1.41. The molecule has 2 aliphatic rings. The second-order valence-electron chi connectivity index (χ2n) is 8.86. The Morgan fingerprint density at radius 1 is 1.22 bits per heavy atom. The number of nitrogens with one attached hydrogen (secondary N) is 2. The number of pyridine rings is 2. The molecule has 0 unspecified atom stereocenters. The van der Waals surface area contributed by atoms with E-state index in [9.17, 15) is 9.18 Å². The fraction of sp³-hybridized carbons (Fsp3) is 0.222. The molecule has 182 valence electrons. The minimum atomic E-state index is -0.504. The van der Waals surface area contributed by atoms with E-state index in [4.69, 9.17) is 14.5 Å². The maximum atomic E-state index is 14.5. The predicted octanol–water partition coefficient (Wildman–Crippen LogP) is 5.37. The Morgan fingerprint density at radius 3 is 2.97 bits per heavy atom. The Kier molecular flexibility index (Phi) is 5.32. The minimum absolute atomic E-state index is 0.0315. The van der Waals surface area contributed by atoms with Crippen LogP contribution in [0.3, 0.4) is 0 Å². The zero-order chi connectivity index (χ0) is 24.8. The second-order valence-corrected chi connectivity index (χ2v) is 8.86. The Morgan fingerprint density at radius 2 is 2.11 bits per heavy atom. The molecule has 0 saturated carbocycles. The molecule has 2 N–H and O–H groups in total. The number of ether oxygens (including phenoxy) is 2. The van der Waals surface area contributed by atoms with Gasteiger partial charge < -0.3 is 20.1 Å². The molecule has 36 heavy (non-hydrogen) atoms. The number of allylic oxidation sites excluding steroid dienone is 1. The maximum absolute atomic E-state index is 14.5. The summed E-state index contributed by atoms with van der Waals surface area (Å²) in [5, 5.41) is 6.28. The van der Waals surface area contributed by atoms with Crippen molar-refractivity contribution in [2.75, 3.05) is 19.0 Å². The fourth-order valence-corrected chi connectivity index (χ4v) is 4.87. The van der Waals surface area contributed by atoms with Crippen LogP contribution in [-0.2, 0) is 0 Å². The van der Waals surface area contributed by atoms with Crippen LogP contribution in [-0.4, -0.2) is 40.3 Å². The fourth-order valence-electron chi connectivity index (χ4n) is 4.87. The summed E-state index contributed by atoms with van der Waals surface area (Å²) in [5.41, 5.74) is 4.10. The minimum Gasteiger partial charge on any atom is -0.492 e. The highest BCUT2D eigenvalue weighted by molar-refractivity contribution is 5.99. The summed E-state index contributed by atoms with van der Waals surface area (Å²) < 4.78 is 27.5. The smallest absolute Gasteiger partial charge is 0.327 e. The lowest BCUT2D eigenvalue weighted by Gasteiger charge is -2.26. The molecule has 0 radical (unpaired) electrons. The van der Waals surface area contributed by atoms with Crippen molar-refractivity contribution in [3.05, 3.63) is 72.3 Å². The first-order valence-electron chi connectivity index (χ1n) is 11.8. The summed E-state index contributed by atoms with van der Waals surface area (Å²) in [5.74, 6) is 0.563. The first kappa shape index (κ1) is 22.1. The Hall–Kier alpha value is -4.40. The van der Waals surface area contributed by atoms with Crippen molar-refractivity contribution in [1.82, 2.24) is 19.9 Å². The molecular weight excluding hydrogens is 461 g/mol. The average Bonchev–Trinajstić information content (AvgIpc) is 3.25. The van der Waals surface area contributed by atoms with Gasteiger partial charge in [-0.15, -0.1) is 0 Å². The molecule has 1 amide bonds. The molecule has 8 nitrogen and oxygen atoms in total. The monoisotopic (exact) mass is 485 g/mol. The van der Waals surface area contributed by atoms with Gasteiger partial charge in [-0.3, -0.25) is 9.55 Å². The zero-order valence-corrected chi connectivity index (χ0v) is 19.8. The predicted molar refractivity (Wildman–Crippen MR) is 135 cm³/mol. The van der Waals surface area contributed by atoms with Crippen LogP contribution in [0.25, 0.3) is 22.2 Å². The molecule has 0 fully saturated rings. The van der Waals surface area contributed by atoms with Crippen molar-refractivity contribution in [1.29, 1.82) is 0 Å². The van der Waals surface area contributed by atoms with E-state index in [1.54, 1.807) is 29.0 Å². The van der Waals surface area contributed by atoms with Crippen molar-refractivity contribution < 1.29 is 18.7 Å². The molecule has 0 spiro atoms. The van der Waals surface area contributed by atoms with Crippen LogP contribution in [0.1, 0.15) is 25.0 Å². The number of methoxy groups -OCH3 is 1. The second kappa shape index (κ2) is 8.67. The Bertz CT molecular complexity index is 1530. The van der Waals surface area contributed by atoms with Gasteiger partial charge in [0.15, 0.2) is 11.6 Å². The van der Waals surface area contributed by atoms with Crippen molar-refractivity contribution in [2.24, 2.45) is 0 Å². The average molecular weight is 486 g/mol. The van der Waals surface area contributed by atoms with Gasteiger partial charge in [0.05, 0.1) is 18.3 Å². The van der Waals surface area contributed by atoms with Gasteiger partial charge in [-0.05, 0) is 49.8 Å². The molecule has 5 heterocycles. The molecular formula is C27H24FN5O3. The normalized spacial score (nSPS) is 19.5. The Balaban J connectivity index is 1.64. The first-order valence-corrected chi connectivity index (χ1v) is 11.8. The number of nitrogens with zero attached hydrogens (tertiary/aromatic N) is 3. The molecule has 4 aromatic rings. The summed E-state index contributed by atoms with van der Waals surface area (Å²) in [6.45, 7) is 2.46. The van der Waals surface area contributed by atoms with Crippen molar-refractivity contribution in [3.8, 4) is 22.8 Å². The van der Waals surface area contributed by atoms with Crippen molar-refractivity contribution >= 4 is 28.6 Å². The number of hydrogen-bond donors (Lipinski definition) is 2. The van der Waals surface area contributed by atoms with Crippen LogP contribution in [0, 0.1) is 5.82 Å². The third-order valence-corrected chi connectivity index (χ3v) is 6.56. The molecule has 2 atom stereocenters. The number of amides is 1. The number of halogens is 1. The lowest BCUT2D eigenvalue weighted by atomic mass is 9.98. The van der Waals surface area contributed by atoms with Gasteiger partial charge in [0.2, 0.25) is 5.88 Å². The zero-order valence-electron chi connectivity index (χ0n) is 19.8. The molecule has 0 saturated heterocycles. The molecule has 4 bridgehead atoms. The third-order valence-electron chi connectivity index (χ3n) is 6.56. The SMILES string of the molecule is COc1c(F)cccc1Nc1c2cc3n1C(=O)NC[C@@H]3C/C=C\[C@H](C)Oc1ccc3nccc-2c3n1. The highest BCUT2D eigenvalue weighted by Gasteiger charge is 2.31. The molecule has 9 heteroatoms. The van der Waals surface area contributed by atoms with E-state index in [1.807, 2.05) is 31.2 Å². The van der Waals surface area contributed by atoms with Gasteiger partial charge >= 0.3 is 6.03 Å². The number of carbonyl (C=O) groups excluding carboxylic acids is 1. The van der Waals surface area contributed by atoms with Gasteiger partial charge in [0, 0.05) is 41.5 Å². The maximum Gasteiger partial charge on any atom is 0.327 e. The highest BCUT2D eigenvalue weighted by atomic mass is 19.1. The number of para-hydroxylation sites is 1. The number of aromatic nitrogens is 3. The highest BCUT2D eigenvalue weighted by Crippen LogP contribution is 2.42. The van der Waals surface area contributed by atoms with E-state index < -0.39 is 5.82 Å².